The summed E-state index contributed by atoms with van der Waals surface area (Å²) in [6.45, 7) is 1.96. The summed E-state index contributed by atoms with van der Waals surface area (Å²) in [5.41, 5.74) is 12.7. The second-order valence-electron chi connectivity index (χ2n) is 5.42. The molecule has 0 spiro atoms. The summed E-state index contributed by atoms with van der Waals surface area (Å²) in [6, 6.07) is 1.65. The molecule has 0 saturated heterocycles. The van der Waals surface area contributed by atoms with Gasteiger partial charge in [-0.05, 0) is 12.5 Å². The summed E-state index contributed by atoms with van der Waals surface area (Å²) < 4.78 is 0. The first kappa shape index (κ1) is 17.1. The van der Waals surface area contributed by atoms with Crippen LogP contribution in [0.4, 0.5) is 11.5 Å². The minimum atomic E-state index is -0.348. The highest BCUT2D eigenvalue weighted by Gasteiger charge is 2.22. The van der Waals surface area contributed by atoms with Crippen LogP contribution in [0.3, 0.4) is 0 Å². The molecule has 8 N–H and O–H groups in total. The largest absolute Gasteiger partial charge is 0.397 e. The second-order valence-corrected chi connectivity index (χ2v) is 5.42. The van der Waals surface area contributed by atoms with Crippen molar-refractivity contribution in [3.05, 3.63) is 35.3 Å². The van der Waals surface area contributed by atoms with Crippen LogP contribution >= 0.6 is 0 Å². The van der Waals surface area contributed by atoms with E-state index in [1.807, 2.05) is 0 Å². The maximum absolute atomic E-state index is 12.6. The molecule has 2 rings (SSSR count). The minimum Gasteiger partial charge on any atom is -0.397 e. The Kier molecular flexibility index (Phi) is 4.93. The standard InChI is InChI=1S/C15H21N7O2/c1-8-10(15(24)22(2)12-5-9(16)6-20-12)7-21-13(8)14(23)19-4-3-11(17)18/h5-7,20-21H,3-4,16H2,1-2H3,(H3,17,18)(H,19,23). The number of aromatic amines is 2. The molecule has 0 radical (unpaired) electrons. The van der Waals surface area contributed by atoms with Crippen molar-refractivity contribution in [1.29, 1.82) is 5.41 Å². The van der Waals surface area contributed by atoms with Gasteiger partial charge in [-0.1, -0.05) is 0 Å². The smallest absolute Gasteiger partial charge is 0.268 e. The molecule has 0 unspecified atom stereocenters. The van der Waals surface area contributed by atoms with Crippen LogP contribution in [0.25, 0.3) is 0 Å². The predicted octanol–water partition coefficient (Wildman–Crippen LogP) is 0.566. The Balaban J connectivity index is 2.12. The van der Waals surface area contributed by atoms with E-state index in [9.17, 15) is 9.59 Å². The van der Waals surface area contributed by atoms with Crippen LogP contribution in [-0.4, -0.2) is 41.2 Å². The summed E-state index contributed by atoms with van der Waals surface area (Å²) in [6.07, 6.45) is 3.37. The first-order chi connectivity index (χ1) is 11.3. The number of anilines is 2. The lowest BCUT2D eigenvalue weighted by Crippen LogP contribution is -2.29. The molecule has 128 valence electrons. The zero-order valence-electron chi connectivity index (χ0n) is 13.6. The van der Waals surface area contributed by atoms with E-state index < -0.39 is 0 Å². The number of carbonyl (C=O) groups is 2. The average Bonchev–Trinajstić information content (AvgIpc) is 3.11. The normalized spacial score (nSPS) is 10.4. The van der Waals surface area contributed by atoms with Crippen molar-refractivity contribution in [2.75, 3.05) is 24.2 Å². The zero-order chi connectivity index (χ0) is 17.9. The fourth-order valence-electron chi connectivity index (χ4n) is 2.23. The second kappa shape index (κ2) is 6.90. The van der Waals surface area contributed by atoms with Crippen LogP contribution < -0.4 is 21.7 Å². The molecule has 2 aromatic rings. The van der Waals surface area contributed by atoms with Crippen molar-refractivity contribution in [1.82, 2.24) is 15.3 Å². The molecule has 24 heavy (non-hydrogen) atoms. The lowest BCUT2D eigenvalue weighted by atomic mass is 10.1. The summed E-state index contributed by atoms with van der Waals surface area (Å²) >= 11 is 0. The van der Waals surface area contributed by atoms with Gasteiger partial charge in [-0.2, -0.15) is 0 Å². The Morgan fingerprint density at radius 1 is 1.33 bits per heavy atom. The molecule has 9 heteroatoms. The monoisotopic (exact) mass is 331 g/mol. The number of rotatable bonds is 6. The molecule has 0 atom stereocenters. The van der Waals surface area contributed by atoms with Gasteiger partial charge in [-0.15, -0.1) is 0 Å². The summed E-state index contributed by atoms with van der Waals surface area (Å²) in [4.78, 5) is 31.9. The van der Waals surface area contributed by atoms with Crippen LogP contribution in [0, 0.1) is 12.3 Å². The highest BCUT2D eigenvalue weighted by molar-refractivity contribution is 6.08. The SMILES string of the molecule is Cc1c(C(=O)N(C)c2cc(N)c[nH]2)c[nH]c1C(=O)NCCC(=N)N. The lowest BCUT2D eigenvalue weighted by molar-refractivity contribution is 0.0949. The number of carbonyl (C=O) groups excluding carboxylic acids is 2. The maximum Gasteiger partial charge on any atom is 0.268 e. The van der Waals surface area contributed by atoms with E-state index in [4.69, 9.17) is 16.9 Å². The van der Waals surface area contributed by atoms with Gasteiger partial charge >= 0.3 is 0 Å². The Labute approximate surface area is 138 Å². The summed E-state index contributed by atoms with van der Waals surface area (Å²) in [5.74, 6) is -0.0558. The molecular formula is C15H21N7O2. The number of nitrogen functional groups attached to an aromatic ring is 1. The van der Waals surface area contributed by atoms with Crippen molar-refractivity contribution in [2.24, 2.45) is 5.73 Å². The molecule has 0 fully saturated rings. The van der Waals surface area contributed by atoms with Crippen molar-refractivity contribution < 1.29 is 9.59 Å². The fourth-order valence-corrected chi connectivity index (χ4v) is 2.23. The maximum atomic E-state index is 12.6. The van der Waals surface area contributed by atoms with Crippen LogP contribution in [0.5, 0.6) is 0 Å². The Bertz CT molecular complexity index is 775. The first-order valence-corrected chi connectivity index (χ1v) is 7.32. The van der Waals surface area contributed by atoms with Crippen molar-refractivity contribution in [2.45, 2.75) is 13.3 Å². The Morgan fingerprint density at radius 3 is 2.62 bits per heavy atom. The molecular weight excluding hydrogens is 310 g/mol. The number of aromatic nitrogens is 2. The van der Waals surface area contributed by atoms with Crippen molar-refractivity contribution >= 4 is 29.2 Å². The predicted molar refractivity (Wildman–Crippen MR) is 92.3 cm³/mol. The fraction of sp³-hybridized carbons (Fsp3) is 0.267. The molecule has 0 aromatic carbocycles. The highest BCUT2D eigenvalue weighted by atomic mass is 16.2. The first-order valence-electron chi connectivity index (χ1n) is 7.32. The van der Waals surface area contributed by atoms with Crippen LogP contribution in [0.1, 0.15) is 32.8 Å². The van der Waals surface area contributed by atoms with Gasteiger partial charge in [0, 0.05) is 38.5 Å². The third-order valence-electron chi connectivity index (χ3n) is 3.63. The quantitative estimate of drug-likeness (QED) is 0.338. The van der Waals surface area contributed by atoms with Crippen molar-refractivity contribution in [3.63, 3.8) is 0 Å². The third-order valence-corrected chi connectivity index (χ3v) is 3.63. The molecule has 9 nitrogen and oxygen atoms in total. The highest BCUT2D eigenvalue weighted by Crippen LogP contribution is 2.20. The molecule has 2 heterocycles. The van der Waals surface area contributed by atoms with E-state index in [2.05, 4.69) is 15.3 Å². The number of amidine groups is 1. The van der Waals surface area contributed by atoms with Gasteiger partial charge < -0.3 is 26.8 Å². The van der Waals surface area contributed by atoms with Gasteiger partial charge in [0.05, 0.1) is 17.1 Å². The number of nitrogens with two attached hydrogens (primary N) is 2. The number of hydrogen-bond donors (Lipinski definition) is 6. The van der Waals surface area contributed by atoms with Crippen LogP contribution in [0.15, 0.2) is 18.5 Å². The summed E-state index contributed by atoms with van der Waals surface area (Å²) in [7, 11) is 1.62. The van der Waals surface area contributed by atoms with E-state index in [0.29, 0.717) is 28.3 Å². The number of amides is 2. The molecule has 0 aliphatic carbocycles. The molecule has 0 aliphatic heterocycles. The van der Waals surface area contributed by atoms with Crippen LogP contribution in [0.2, 0.25) is 0 Å². The third kappa shape index (κ3) is 3.57. The van der Waals surface area contributed by atoms with E-state index >= 15 is 0 Å². The van der Waals surface area contributed by atoms with E-state index in [-0.39, 0.29) is 30.6 Å². The average molecular weight is 331 g/mol. The van der Waals surface area contributed by atoms with Gasteiger partial charge in [0.15, 0.2) is 0 Å². The Morgan fingerprint density at radius 2 is 2.04 bits per heavy atom. The number of hydrogen-bond acceptors (Lipinski definition) is 4. The number of nitrogens with zero attached hydrogens (tertiary/aromatic N) is 1. The van der Waals surface area contributed by atoms with Gasteiger partial charge in [-0.25, -0.2) is 0 Å². The zero-order valence-corrected chi connectivity index (χ0v) is 13.6. The Hall–Kier alpha value is -3.23. The van der Waals surface area contributed by atoms with E-state index in [0.717, 1.165) is 0 Å². The lowest BCUT2D eigenvalue weighted by Gasteiger charge is -2.15. The van der Waals surface area contributed by atoms with Crippen LogP contribution in [-0.2, 0) is 0 Å². The van der Waals surface area contributed by atoms with E-state index in [1.165, 1.54) is 11.1 Å². The van der Waals surface area contributed by atoms with Gasteiger partial charge in [0.2, 0.25) is 0 Å². The molecule has 0 saturated carbocycles. The molecule has 2 amide bonds. The van der Waals surface area contributed by atoms with E-state index in [1.54, 1.807) is 26.2 Å². The molecule has 0 aliphatic rings. The van der Waals surface area contributed by atoms with Gasteiger partial charge in [-0.3, -0.25) is 19.9 Å². The number of nitrogens with one attached hydrogen (secondary N) is 4. The topological polar surface area (TPSA) is 157 Å². The number of H-pyrrole nitrogens is 2. The molecule has 2 aromatic heterocycles. The summed E-state index contributed by atoms with van der Waals surface area (Å²) in [5, 5.41) is 9.78. The van der Waals surface area contributed by atoms with Gasteiger partial charge in [0.1, 0.15) is 11.5 Å². The molecule has 0 bridgehead atoms. The van der Waals surface area contributed by atoms with Gasteiger partial charge in [0.25, 0.3) is 11.8 Å². The minimum absolute atomic E-state index is 0.00113. The van der Waals surface area contributed by atoms with Crippen molar-refractivity contribution in [3.8, 4) is 0 Å².